The van der Waals surface area contributed by atoms with Crippen molar-refractivity contribution in [1.29, 1.82) is 0 Å². The zero-order valence-electron chi connectivity index (χ0n) is 12.8. The second kappa shape index (κ2) is 8.77. The van der Waals surface area contributed by atoms with Crippen LogP contribution in [0.25, 0.3) is 0 Å². The first-order valence-corrected chi connectivity index (χ1v) is 6.96. The molecular weight excluding hydrogens is 244 g/mol. The average molecular weight is 272 g/mol. The third kappa shape index (κ3) is 8.46. The molecule has 0 bridgehead atoms. The smallest absolute Gasteiger partial charge is 0.317 e. The van der Waals surface area contributed by atoms with Crippen LogP contribution in [0.3, 0.4) is 0 Å². The van der Waals surface area contributed by atoms with E-state index in [1.807, 2.05) is 13.8 Å². The van der Waals surface area contributed by atoms with Crippen LogP contribution in [0.1, 0.15) is 47.0 Å². The molecule has 112 valence electrons. The van der Waals surface area contributed by atoms with Gasteiger partial charge in [-0.15, -0.1) is 0 Å². The molecule has 2 unspecified atom stereocenters. The molecule has 0 aromatic rings. The minimum Gasteiger partial charge on any atom is -0.481 e. The number of carbonyl (C=O) groups is 2. The molecule has 0 fully saturated rings. The van der Waals surface area contributed by atoms with Gasteiger partial charge in [0.05, 0.1) is 0 Å². The summed E-state index contributed by atoms with van der Waals surface area (Å²) in [4.78, 5) is 24.1. The molecule has 5 nitrogen and oxygen atoms in total. The maximum Gasteiger partial charge on any atom is 0.317 e. The highest BCUT2D eigenvalue weighted by atomic mass is 16.4. The summed E-state index contributed by atoms with van der Waals surface area (Å²) in [5.74, 6) is -0.0607. The van der Waals surface area contributed by atoms with E-state index in [0.29, 0.717) is 18.9 Å². The Labute approximate surface area is 116 Å². The Morgan fingerprint density at radius 1 is 1.21 bits per heavy atom. The quantitative estimate of drug-likeness (QED) is 0.713. The number of carboxylic acids is 1. The highest BCUT2D eigenvalue weighted by molar-refractivity contribution is 5.74. The highest BCUT2D eigenvalue weighted by Gasteiger charge is 2.17. The van der Waals surface area contributed by atoms with Gasteiger partial charge in [-0.3, -0.25) is 4.79 Å². The normalized spacial score (nSPS) is 14.0. The van der Waals surface area contributed by atoms with Gasteiger partial charge in [0, 0.05) is 26.1 Å². The first-order chi connectivity index (χ1) is 8.73. The fourth-order valence-corrected chi connectivity index (χ4v) is 1.90. The lowest BCUT2D eigenvalue weighted by Crippen LogP contribution is -2.44. The van der Waals surface area contributed by atoms with Gasteiger partial charge in [0.1, 0.15) is 0 Å². The summed E-state index contributed by atoms with van der Waals surface area (Å²) in [6.45, 7) is 8.77. The van der Waals surface area contributed by atoms with Crippen LogP contribution in [0.4, 0.5) is 4.79 Å². The number of nitrogens with one attached hydrogen (secondary N) is 1. The third-order valence-corrected chi connectivity index (χ3v) is 3.25. The first kappa shape index (κ1) is 17.7. The second-order valence-electron chi connectivity index (χ2n) is 5.81. The maximum atomic E-state index is 11.9. The molecule has 0 aliphatic heterocycles. The molecule has 2 amide bonds. The third-order valence-electron chi connectivity index (χ3n) is 3.25. The predicted octanol–water partition coefficient (Wildman–Crippen LogP) is 2.56. The van der Waals surface area contributed by atoms with E-state index in [0.717, 1.165) is 6.42 Å². The Kier molecular flexibility index (Phi) is 8.19. The Morgan fingerprint density at radius 3 is 2.26 bits per heavy atom. The minimum absolute atomic E-state index is 0.0877. The first-order valence-electron chi connectivity index (χ1n) is 6.96. The topological polar surface area (TPSA) is 69.6 Å². The van der Waals surface area contributed by atoms with Crippen LogP contribution in [0.15, 0.2) is 0 Å². The molecular formula is C14H28N2O3. The zero-order valence-corrected chi connectivity index (χ0v) is 12.8. The van der Waals surface area contributed by atoms with E-state index in [9.17, 15) is 9.59 Å². The van der Waals surface area contributed by atoms with Crippen molar-refractivity contribution in [2.75, 3.05) is 13.6 Å². The monoisotopic (exact) mass is 272 g/mol. The number of hydrogen-bond acceptors (Lipinski definition) is 2. The van der Waals surface area contributed by atoms with Crippen molar-refractivity contribution < 1.29 is 14.7 Å². The van der Waals surface area contributed by atoms with Crippen LogP contribution in [0.2, 0.25) is 0 Å². The SMILES string of the molecule is CC(C)CC(C)N(C)C(=O)NCC(C)CCC(=O)O. The van der Waals surface area contributed by atoms with Crippen LogP contribution >= 0.6 is 0 Å². The van der Waals surface area contributed by atoms with E-state index in [4.69, 9.17) is 5.11 Å². The predicted molar refractivity (Wildman–Crippen MR) is 76.1 cm³/mol. The lowest BCUT2D eigenvalue weighted by atomic mass is 10.0. The van der Waals surface area contributed by atoms with Gasteiger partial charge >= 0.3 is 12.0 Å². The van der Waals surface area contributed by atoms with Crippen molar-refractivity contribution in [3.63, 3.8) is 0 Å². The second-order valence-corrected chi connectivity index (χ2v) is 5.81. The molecule has 0 saturated heterocycles. The molecule has 0 spiro atoms. The fraction of sp³-hybridized carbons (Fsp3) is 0.857. The summed E-state index contributed by atoms with van der Waals surface area (Å²) in [6, 6.07) is 0.115. The molecule has 0 aromatic heterocycles. The van der Waals surface area contributed by atoms with Gasteiger partial charge in [-0.05, 0) is 31.6 Å². The van der Waals surface area contributed by atoms with Gasteiger partial charge in [0.15, 0.2) is 0 Å². The van der Waals surface area contributed by atoms with E-state index in [-0.39, 0.29) is 24.4 Å². The molecule has 2 N–H and O–H groups in total. The van der Waals surface area contributed by atoms with Crippen molar-refractivity contribution in [3.05, 3.63) is 0 Å². The molecule has 0 saturated carbocycles. The Morgan fingerprint density at radius 2 is 1.79 bits per heavy atom. The molecule has 0 aliphatic rings. The summed E-state index contributed by atoms with van der Waals surface area (Å²) >= 11 is 0. The molecule has 5 heteroatoms. The summed E-state index contributed by atoms with van der Waals surface area (Å²) in [5.41, 5.74) is 0. The van der Waals surface area contributed by atoms with Gasteiger partial charge in [-0.25, -0.2) is 4.79 Å². The zero-order chi connectivity index (χ0) is 15.0. The van der Waals surface area contributed by atoms with Gasteiger partial charge in [0.25, 0.3) is 0 Å². The van der Waals surface area contributed by atoms with Gasteiger partial charge in [0.2, 0.25) is 0 Å². The number of carboxylic acid groups (broad SMARTS) is 1. The number of rotatable bonds is 8. The molecule has 0 rings (SSSR count). The van der Waals surface area contributed by atoms with Crippen molar-refractivity contribution in [3.8, 4) is 0 Å². The molecule has 0 aromatic carbocycles. The number of aliphatic carboxylic acids is 1. The van der Waals surface area contributed by atoms with E-state index in [1.165, 1.54) is 0 Å². The summed E-state index contributed by atoms with van der Waals surface area (Å²) in [5, 5.41) is 11.4. The van der Waals surface area contributed by atoms with Crippen LogP contribution in [0, 0.1) is 11.8 Å². The molecule has 19 heavy (non-hydrogen) atoms. The standard InChI is InChI=1S/C14H28N2O3/c1-10(2)8-12(4)16(5)14(19)15-9-11(3)6-7-13(17)18/h10-12H,6-9H2,1-5H3,(H,15,19)(H,17,18). The van der Waals surface area contributed by atoms with Gasteiger partial charge < -0.3 is 15.3 Å². The van der Waals surface area contributed by atoms with Crippen LogP contribution in [0.5, 0.6) is 0 Å². The van der Waals surface area contributed by atoms with Crippen molar-refractivity contribution >= 4 is 12.0 Å². The fourth-order valence-electron chi connectivity index (χ4n) is 1.90. The molecule has 2 atom stereocenters. The minimum atomic E-state index is -0.791. The van der Waals surface area contributed by atoms with E-state index >= 15 is 0 Å². The number of carbonyl (C=O) groups excluding carboxylic acids is 1. The van der Waals surface area contributed by atoms with E-state index in [1.54, 1.807) is 11.9 Å². The average Bonchev–Trinajstić information content (AvgIpc) is 2.31. The Hall–Kier alpha value is -1.26. The van der Waals surface area contributed by atoms with Gasteiger partial charge in [-0.1, -0.05) is 20.8 Å². The number of nitrogens with zero attached hydrogens (tertiary/aromatic N) is 1. The van der Waals surface area contributed by atoms with Crippen molar-refractivity contribution in [1.82, 2.24) is 10.2 Å². The van der Waals surface area contributed by atoms with Crippen LogP contribution < -0.4 is 5.32 Å². The number of hydrogen-bond donors (Lipinski definition) is 2. The Balaban J connectivity index is 3.99. The van der Waals surface area contributed by atoms with E-state index in [2.05, 4.69) is 19.2 Å². The van der Waals surface area contributed by atoms with Crippen LogP contribution in [-0.2, 0) is 4.79 Å². The van der Waals surface area contributed by atoms with Crippen molar-refractivity contribution in [2.24, 2.45) is 11.8 Å². The summed E-state index contributed by atoms with van der Waals surface area (Å²) in [6.07, 6.45) is 1.70. The summed E-state index contributed by atoms with van der Waals surface area (Å²) in [7, 11) is 1.80. The van der Waals surface area contributed by atoms with Gasteiger partial charge in [-0.2, -0.15) is 0 Å². The Bertz CT molecular complexity index is 292. The molecule has 0 heterocycles. The number of amides is 2. The largest absolute Gasteiger partial charge is 0.481 e. The van der Waals surface area contributed by atoms with Crippen molar-refractivity contribution in [2.45, 2.75) is 53.0 Å². The molecule has 0 aliphatic carbocycles. The highest BCUT2D eigenvalue weighted by Crippen LogP contribution is 2.10. The lowest BCUT2D eigenvalue weighted by Gasteiger charge is -2.27. The maximum absolute atomic E-state index is 11.9. The summed E-state index contributed by atoms with van der Waals surface area (Å²) < 4.78 is 0. The molecule has 0 radical (unpaired) electrons. The lowest BCUT2D eigenvalue weighted by molar-refractivity contribution is -0.137. The van der Waals surface area contributed by atoms with Crippen LogP contribution in [-0.4, -0.2) is 41.6 Å². The number of urea groups is 1. The van der Waals surface area contributed by atoms with E-state index < -0.39 is 5.97 Å².